The van der Waals surface area contributed by atoms with Gasteiger partial charge in [-0.25, -0.2) is 4.68 Å². The predicted molar refractivity (Wildman–Crippen MR) is 94.7 cm³/mol. The quantitative estimate of drug-likeness (QED) is 0.750. The van der Waals surface area contributed by atoms with Crippen LogP contribution in [0.5, 0.6) is 5.75 Å². The number of phenolic OH excluding ortho intramolecular Hbond substituents is 1. The van der Waals surface area contributed by atoms with Crippen molar-refractivity contribution < 1.29 is 9.90 Å². The summed E-state index contributed by atoms with van der Waals surface area (Å²) in [7, 11) is 0. The molecule has 0 bridgehead atoms. The zero-order chi connectivity index (χ0) is 17.8. The number of benzene rings is 2. The second-order valence-corrected chi connectivity index (χ2v) is 5.82. The lowest BCUT2D eigenvalue weighted by molar-refractivity contribution is 0.0936. The number of hydrogen-bond donors (Lipinski definition) is 2. The number of amides is 1. The van der Waals surface area contributed by atoms with Crippen LogP contribution in [-0.2, 0) is 6.42 Å². The van der Waals surface area contributed by atoms with E-state index in [1.165, 1.54) is 0 Å². The molecule has 1 aromatic heterocycles. The molecule has 0 unspecified atom stereocenters. The highest BCUT2D eigenvalue weighted by atomic mass is 16.3. The maximum Gasteiger partial charge on any atom is 0.255 e. The van der Waals surface area contributed by atoms with Gasteiger partial charge in [0.1, 0.15) is 11.4 Å². The second-order valence-electron chi connectivity index (χ2n) is 5.82. The van der Waals surface area contributed by atoms with Crippen LogP contribution in [-0.4, -0.2) is 26.0 Å². The number of para-hydroxylation sites is 1. The normalized spacial score (nSPS) is 11.9. The predicted octanol–water partition coefficient (Wildman–Crippen LogP) is 3.03. The van der Waals surface area contributed by atoms with Crippen LogP contribution in [0.1, 0.15) is 41.5 Å². The maximum atomic E-state index is 12.5. The van der Waals surface area contributed by atoms with Gasteiger partial charge in [0.15, 0.2) is 0 Å². The molecule has 3 rings (SSSR count). The van der Waals surface area contributed by atoms with E-state index in [2.05, 4.69) is 15.6 Å². The van der Waals surface area contributed by atoms with E-state index in [1.54, 1.807) is 29.1 Å². The fourth-order valence-electron chi connectivity index (χ4n) is 2.52. The van der Waals surface area contributed by atoms with Gasteiger partial charge in [0.2, 0.25) is 0 Å². The fraction of sp³-hybridized carbons (Fsp3) is 0.211. The average molecular weight is 336 g/mol. The Morgan fingerprint density at radius 3 is 2.72 bits per heavy atom. The molecule has 0 saturated heterocycles. The topological polar surface area (TPSA) is 80.0 Å². The Kier molecular flexibility index (Phi) is 4.79. The molecule has 0 fully saturated rings. The highest BCUT2D eigenvalue weighted by molar-refractivity contribution is 5.97. The summed E-state index contributed by atoms with van der Waals surface area (Å²) in [6, 6.07) is 14.3. The minimum absolute atomic E-state index is 0.0326. The van der Waals surface area contributed by atoms with Gasteiger partial charge in [-0.05, 0) is 43.2 Å². The molecule has 128 valence electrons. The molecule has 3 aromatic rings. The number of nitrogens with one attached hydrogen (secondary N) is 1. The summed E-state index contributed by atoms with van der Waals surface area (Å²) >= 11 is 0. The molecule has 6 heteroatoms. The van der Waals surface area contributed by atoms with E-state index in [1.807, 2.05) is 44.2 Å². The van der Waals surface area contributed by atoms with Gasteiger partial charge >= 0.3 is 0 Å². The van der Waals surface area contributed by atoms with Crippen LogP contribution in [0.4, 0.5) is 0 Å². The molecule has 1 heterocycles. The van der Waals surface area contributed by atoms with Crippen LogP contribution in [0.2, 0.25) is 0 Å². The van der Waals surface area contributed by atoms with Crippen LogP contribution >= 0.6 is 0 Å². The molecule has 6 nitrogen and oxygen atoms in total. The van der Waals surface area contributed by atoms with Gasteiger partial charge in [0.05, 0.1) is 23.5 Å². The van der Waals surface area contributed by atoms with Crippen molar-refractivity contribution in [3.05, 3.63) is 71.5 Å². The Balaban J connectivity index is 1.75. The third-order valence-corrected chi connectivity index (χ3v) is 4.04. The Morgan fingerprint density at radius 1 is 1.24 bits per heavy atom. The third-order valence-electron chi connectivity index (χ3n) is 4.04. The Labute approximate surface area is 146 Å². The first-order valence-electron chi connectivity index (χ1n) is 8.19. The first-order chi connectivity index (χ1) is 12.1. The first kappa shape index (κ1) is 16.7. The van der Waals surface area contributed by atoms with Gasteiger partial charge in [-0.15, -0.1) is 5.10 Å². The van der Waals surface area contributed by atoms with E-state index in [-0.39, 0.29) is 23.3 Å². The van der Waals surface area contributed by atoms with E-state index in [0.29, 0.717) is 5.69 Å². The second kappa shape index (κ2) is 7.17. The van der Waals surface area contributed by atoms with Crippen molar-refractivity contribution >= 4 is 5.91 Å². The van der Waals surface area contributed by atoms with E-state index >= 15 is 0 Å². The van der Waals surface area contributed by atoms with Crippen molar-refractivity contribution in [3.8, 4) is 11.4 Å². The first-order valence-corrected chi connectivity index (χ1v) is 8.19. The van der Waals surface area contributed by atoms with Crippen LogP contribution in [0.15, 0.2) is 54.7 Å². The summed E-state index contributed by atoms with van der Waals surface area (Å²) in [5.74, 6) is -0.371. The highest BCUT2D eigenvalue weighted by Gasteiger charge is 2.17. The highest BCUT2D eigenvalue weighted by Crippen LogP contribution is 2.20. The maximum absolute atomic E-state index is 12.5. The van der Waals surface area contributed by atoms with Gasteiger partial charge < -0.3 is 10.4 Å². The Bertz CT molecular complexity index is 874. The monoisotopic (exact) mass is 336 g/mol. The number of aryl methyl sites for hydroxylation is 1. The van der Waals surface area contributed by atoms with Crippen LogP contribution in [0.3, 0.4) is 0 Å². The third kappa shape index (κ3) is 3.68. The molecule has 1 atom stereocenters. The van der Waals surface area contributed by atoms with E-state index in [0.717, 1.165) is 17.7 Å². The standard InChI is InChI=1S/C19H20N4O2/c1-3-14-9-10-18(24)16(11-14)19(25)20-13(2)17-12-23(22-21-17)15-7-5-4-6-8-15/h4-13,24H,3H2,1-2H3,(H,20,25)/t13-/m0/s1. The molecule has 0 saturated carbocycles. The van der Waals surface area contributed by atoms with Gasteiger partial charge in [-0.2, -0.15) is 0 Å². The zero-order valence-electron chi connectivity index (χ0n) is 14.2. The number of aromatic nitrogens is 3. The summed E-state index contributed by atoms with van der Waals surface area (Å²) in [5.41, 5.74) is 2.80. The number of aromatic hydroxyl groups is 1. The fourth-order valence-corrected chi connectivity index (χ4v) is 2.52. The number of nitrogens with zero attached hydrogens (tertiary/aromatic N) is 3. The molecule has 0 aliphatic carbocycles. The molecule has 2 aromatic carbocycles. The minimum Gasteiger partial charge on any atom is -0.507 e. The Morgan fingerprint density at radius 2 is 2.00 bits per heavy atom. The van der Waals surface area contributed by atoms with Gasteiger partial charge in [0.25, 0.3) is 5.91 Å². The number of carbonyl (C=O) groups excluding carboxylic acids is 1. The van der Waals surface area contributed by atoms with Crippen LogP contribution in [0.25, 0.3) is 5.69 Å². The van der Waals surface area contributed by atoms with Gasteiger partial charge in [0, 0.05) is 0 Å². The van der Waals surface area contributed by atoms with Crippen molar-refractivity contribution in [1.29, 1.82) is 0 Å². The number of hydrogen-bond acceptors (Lipinski definition) is 4. The van der Waals surface area contributed by atoms with Gasteiger partial charge in [-0.3, -0.25) is 4.79 Å². The lowest BCUT2D eigenvalue weighted by Gasteiger charge is -2.12. The van der Waals surface area contributed by atoms with Crippen molar-refractivity contribution in [2.75, 3.05) is 0 Å². The van der Waals surface area contributed by atoms with Crippen molar-refractivity contribution in [2.24, 2.45) is 0 Å². The summed E-state index contributed by atoms with van der Waals surface area (Å²) in [4.78, 5) is 12.5. The lowest BCUT2D eigenvalue weighted by atomic mass is 10.1. The van der Waals surface area contributed by atoms with Crippen molar-refractivity contribution in [2.45, 2.75) is 26.3 Å². The molecule has 0 aliphatic heterocycles. The SMILES string of the molecule is CCc1ccc(O)c(C(=O)N[C@@H](C)c2cn(-c3ccccc3)nn2)c1. The summed E-state index contributed by atoms with van der Waals surface area (Å²) in [6.45, 7) is 3.83. The van der Waals surface area contributed by atoms with E-state index in [9.17, 15) is 9.90 Å². The van der Waals surface area contributed by atoms with Crippen LogP contribution in [0, 0.1) is 0 Å². The molecule has 0 spiro atoms. The number of carbonyl (C=O) groups is 1. The average Bonchev–Trinajstić information content (AvgIpc) is 3.13. The molecule has 1 amide bonds. The lowest BCUT2D eigenvalue weighted by Crippen LogP contribution is -2.27. The number of phenols is 1. The van der Waals surface area contributed by atoms with Crippen LogP contribution < -0.4 is 5.32 Å². The van der Waals surface area contributed by atoms with Crippen molar-refractivity contribution in [3.63, 3.8) is 0 Å². The Hall–Kier alpha value is -3.15. The molecular formula is C19H20N4O2. The molecular weight excluding hydrogens is 316 g/mol. The molecule has 0 aliphatic rings. The van der Waals surface area contributed by atoms with E-state index in [4.69, 9.17) is 0 Å². The smallest absolute Gasteiger partial charge is 0.255 e. The molecule has 2 N–H and O–H groups in total. The molecule has 25 heavy (non-hydrogen) atoms. The zero-order valence-corrected chi connectivity index (χ0v) is 14.2. The summed E-state index contributed by atoms with van der Waals surface area (Å²) in [5, 5.41) is 21.0. The summed E-state index contributed by atoms with van der Waals surface area (Å²) < 4.78 is 1.66. The molecule has 0 radical (unpaired) electrons. The minimum atomic E-state index is -0.338. The largest absolute Gasteiger partial charge is 0.507 e. The van der Waals surface area contributed by atoms with Crippen molar-refractivity contribution in [1.82, 2.24) is 20.3 Å². The van der Waals surface area contributed by atoms with Gasteiger partial charge in [-0.1, -0.05) is 36.4 Å². The summed E-state index contributed by atoms with van der Waals surface area (Å²) in [6.07, 6.45) is 2.57. The van der Waals surface area contributed by atoms with E-state index < -0.39 is 0 Å². The number of rotatable bonds is 5.